The van der Waals surface area contributed by atoms with Crippen LogP contribution in [0.3, 0.4) is 0 Å². The average molecular weight is 233 g/mol. The van der Waals surface area contributed by atoms with Gasteiger partial charge < -0.3 is 4.90 Å². The topological polar surface area (TPSA) is 3.24 Å². The van der Waals surface area contributed by atoms with Crippen LogP contribution in [0.25, 0.3) is 6.08 Å². The predicted molar refractivity (Wildman–Crippen MR) is 74.0 cm³/mol. The van der Waals surface area contributed by atoms with E-state index in [1.807, 2.05) is 6.08 Å². The summed E-state index contributed by atoms with van der Waals surface area (Å²) in [6.45, 7) is 7.49. The highest BCUT2D eigenvalue weighted by molar-refractivity contribution is 7.99. The molecule has 0 bridgehead atoms. The minimum atomic E-state index is 1.17. The summed E-state index contributed by atoms with van der Waals surface area (Å²) in [4.78, 5) is 2.57. The third-order valence-corrected chi connectivity index (χ3v) is 3.98. The largest absolute Gasteiger partial charge is 0.301 e. The van der Waals surface area contributed by atoms with Gasteiger partial charge in [-0.3, -0.25) is 0 Å². The molecule has 1 aliphatic rings. The molecule has 0 N–H and O–H groups in total. The molecule has 0 radical (unpaired) electrons. The Morgan fingerprint density at radius 2 is 1.88 bits per heavy atom. The number of thioether (sulfide) groups is 1. The summed E-state index contributed by atoms with van der Waals surface area (Å²) in [6.07, 6.45) is 3.06. The molecular formula is C14H19NS. The van der Waals surface area contributed by atoms with Crippen molar-refractivity contribution in [2.24, 2.45) is 0 Å². The monoisotopic (exact) mass is 233 g/mol. The highest BCUT2D eigenvalue weighted by atomic mass is 32.2. The van der Waals surface area contributed by atoms with E-state index in [2.05, 4.69) is 47.5 Å². The number of rotatable bonds is 4. The summed E-state index contributed by atoms with van der Waals surface area (Å²) in [7, 11) is 0. The van der Waals surface area contributed by atoms with E-state index in [-0.39, 0.29) is 0 Å². The van der Waals surface area contributed by atoms with Gasteiger partial charge in [0.25, 0.3) is 0 Å². The van der Waals surface area contributed by atoms with Crippen molar-refractivity contribution in [1.82, 2.24) is 4.90 Å². The average Bonchev–Trinajstić information content (AvgIpc) is 2.38. The molecule has 86 valence electrons. The lowest BCUT2D eigenvalue weighted by atomic mass is 10.1. The molecule has 0 amide bonds. The van der Waals surface area contributed by atoms with Crippen LogP contribution < -0.4 is 0 Å². The second-order valence-corrected chi connectivity index (χ2v) is 5.37. The standard InChI is InChI=1S/C14H19NS/c1-2-13-3-5-14(6-4-13)7-8-15-9-11-16-12-10-15/h2-6H,1,7-12H2. The van der Waals surface area contributed by atoms with Gasteiger partial charge in [0.15, 0.2) is 0 Å². The Balaban J connectivity index is 1.81. The van der Waals surface area contributed by atoms with Crippen molar-refractivity contribution in [2.45, 2.75) is 6.42 Å². The lowest BCUT2D eigenvalue weighted by molar-refractivity contribution is 0.306. The van der Waals surface area contributed by atoms with Gasteiger partial charge in [-0.2, -0.15) is 11.8 Å². The Bertz CT molecular complexity index is 325. The zero-order valence-electron chi connectivity index (χ0n) is 9.69. The van der Waals surface area contributed by atoms with E-state index in [0.29, 0.717) is 0 Å². The van der Waals surface area contributed by atoms with E-state index in [4.69, 9.17) is 0 Å². The Kier molecular flexibility index (Phi) is 4.49. The molecule has 0 aromatic heterocycles. The maximum atomic E-state index is 3.77. The number of nitrogens with zero attached hydrogens (tertiary/aromatic N) is 1. The minimum Gasteiger partial charge on any atom is -0.301 e. The van der Waals surface area contributed by atoms with Gasteiger partial charge in [-0.1, -0.05) is 36.9 Å². The van der Waals surface area contributed by atoms with Crippen LogP contribution >= 0.6 is 11.8 Å². The molecule has 2 rings (SSSR count). The van der Waals surface area contributed by atoms with Crippen LogP contribution in [0, 0.1) is 0 Å². The van der Waals surface area contributed by atoms with Crippen LogP contribution in [0.5, 0.6) is 0 Å². The van der Waals surface area contributed by atoms with E-state index in [0.717, 1.165) is 0 Å². The molecule has 1 fully saturated rings. The summed E-state index contributed by atoms with van der Waals surface area (Å²) in [6, 6.07) is 8.73. The van der Waals surface area contributed by atoms with Crippen molar-refractivity contribution in [3.05, 3.63) is 42.0 Å². The smallest absolute Gasteiger partial charge is 0.00728 e. The number of hydrogen-bond donors (Lipinski definition) is 0. The molecule has 0 aliphatic carbocycles. The molecule has 1 heterocycles. The van der Waals surface area contributed by atoms with E-state index in [1.165, 1.54) is 48.7 Å². The first kappa shape index (κ1) is 11.7. The molecule has 1 saturated heterocycles. The summed E-state index contributed by atoms with van der Waals surface area (Å²) in [5, 5.41) is 0. The predicted octanol–water partition coefficient (Wildman–Crippen LogP) is 2.92. The van der Waals surface area contributed by atoms with Gasteiger partial charge >= 0.3 is 0 Å². The molecule has 1 aromatic rings. The van der Waals surface area contributed by atoms with Crippen molar-refractivity contribution >= 4 is 17.8 Å². The second kappa shape index (κ2) is 6.12. The fourth-order valence-electron chi connectivity index (χ4n) is 1.93. The van der Waals surface area contributed by atoms with Gasteiger partial charge in [0.05, 0.1) is 0 Å². The first-order valence-electron chi connectivity index (χ1n) is 5.90. The molecule has 0 atom stereocenters. The van der Waals surface area contributed by atoms with Crippen molar-refractivity contribution in [3.8, 4) is 0 Å². The van der Waals surface area contributed by atoms with Crippen molar-refractivity contribution in [3.63, 3.8) is 0 Å². The van der Waals surface area contributed by atoms with E-state index in [1.54, 1.807) is 0 Å². The molecule has 1 aromatic carbocycles. The van der Waals surface area contributed by atoms with Gasteiger partial charge in [0.2, 0.25) is 0 Å². The SMILES string of the molecule is C=Cc1ccc(CCN2CCSCC2)cc1. The van der Waals surface area contributed by atoms with E-state index in [9.17, 15) is 0 Å². The van der Waals surface area contributed by atoms with Crippen molar-refractivity contribution in [1.29, 1.82) is 0 Å². The normalized spacial score (nSPS) is 17.2. The van der Waals surface area contributed by atoms with Crippen LogP contribution in [-0.2, 0) is 6.42 Å². The first-order chi connectivity index (χ1) is 7.88. The van der Waals surface area contributed by atoms with Crippen LogP contribution in [0.1, 0.15) is 11.1 Å². The van der Waals surface area contributed by atoms with E-state index >= 15 is 0 Å². The van der Waals surface area contributed by atoms with Crippen LogP contribution in [0.4, 0.5) is 0 Å². The Labute approximate surface area is 103 Å². The minimum absolute atomic E-state index is 1.17. The molecular weight excluding hydrogens is 214 g/mol. The number of benzene rings is 1. The molecule has 1 nitrogen and oxygen atoms in total. The maximum absolute atomic E-state index is 3.77. The van der Waals surface area contributed by atoms with Crippen LogP contribution in [0.15, 0.2) is 30.8 Å². The Morgan fingerprint density at radius 1 is 1.19 bits per heavy atom. The lowest BCUT2D eigenvalue weighted by Gasteiger charge is -2.25. The van der Waals surface area contributed by atoms with Gasteiger partial charge in [-0.25, -0.2) is 0 Å². The lowest BCUT2D eigenvalue weighted by Crippen LogP contribution is -2.34. The molecule has 0 unspecified atom stereocenters. The summed E-state index contributed by atoms with van der Waals surface area (Å²) < 4.78 is 0. The van der Waals surface area contributed by atoms with Crippen molar-refractivity contribution in [2.75, 3.05) is 31.1 Å². The summed E-state index contributed by atoms with van der Waals surface area (Å²) >= 11 is 2.07. The third kappa shape index (κ3) is 3.39. The van der Waals surface area contributed by atoms with Gasteiger partial charge in [0.1, 0.15) is 0 Å². The second-order valence-electron chi connectivity index (χ2n) is 4.15. The molecule has 0 spiro atoms. The fourth-order valence-corrected chi connectivity index (χ4v) is 2.91. The van der Waals surface area contributed by atoms with Gasteiger partial charge in [-0.15, -0.1) is 0 Å². The van der Waals surface area contributed by atoms with Gasteiger partial charge in [0, 0.05) is 31.1 Å². The van der Waals surface area contributed by atoms with Crippen LogP contribution in [0.2, 0.25) is 0 Å². The zero-order valence-corrected chi connectivity index (χ0v) is 10.5. The third-order valence-electron chi connectivity index (χ3n) is 3.04. The fraction of sp³-hybridized carbons (Fsp3) is 0.429. The van der Waals surface area contributed by atoms with E-state index < -0.39 is 0 Å². The highest BCUT2D eigenvalue weighted by Crippen LogP contribution is 2.11. The van der Waals surface area contributed by atoms with Gasteiger partial charge in [-0.05, 0) is 17.5 Å². The van der Waals surface area contributed by atoms with Crippen molar-refractivity contribution < 1.29 is 0 Å². The molecule has 0 saturated carbocycles. The first-order valence-corrected chi connectivity index (χ1v) is 7.05. The molecule has 16 heavy (non-hydrogen) atoms. The number of hydrogen-bond acceptors (Lipinski definition) is 2. The molecule has 1 aliphatic heterocycles. The van der Waals surface area contributed by atoms with Crippen LogP contribution in [-0.4, -0.2) is 36.0 Å². The maximum Gasteiger partial charge on any atom is 0.00728 e. The Morgan fingerprint density at radius 3 is 2.50 bits per heavy atom. The summed E-state index contributed by atoms with van der Waals surface area (Å²) in [5.74, 6) is 2.60. The summed E-state index contributed by atoms with van der Waals surface area (Å²) in [5.41, 5.74) is 2.64. The zero-order chi connectivity index (χ0) is 11.2. The molecule has 2 heteroatoms. The highest BCUT2D eigenvalue weighted by Gasteiger charge is 2.09. The Hall–Kier alpha value is -0.730. The quantitative estimate of drug-likeness (QED) is 0.786.